The molecule has 0 aliphatic carbocycles. The lowest BCUT2D eigenvalue weighted by molar-refractivity contribution is 0.0921. The van der Waals surface area contributed by atoms with Gasteiger partial charge in [-0.15, -0.1) is 0 Å². The molecule has 15 heavy (non-hydrogen) atoms. The fourth-order valence-corrected chi connectivity index (χ4v) is 1.13. The van der Waals surface area contributed by atoms with Crippen molar-refractivity contribution in [3.8, 4) is 6.07 Å². The van der Waals surface area contributed by atoms with Crippen LogP contribution in [-0.2, 0) is 0 Å². The Balaban J connectivity index is 2.82. The third-order valence-corrected chi connectivity index (χ3v) is 2.45. The molecule has 1 rings (SSSR count). The largest absolute Gasteiger partial charge is 0.469 e. The zero-order valence-electron chi connectivity index (χ0n) is 9.13. The maximum absolute atomic E-state index is 11.7. The molecule has 0 radical (unpaired) electrons. The van der Waals surface area contributed by atoms with Gasteiger partial charge in [0.2, 0.25) is 0 Å². The van der Waals surface area contributed by atoms with Gasteiger partial charge in [-0.05, 0) is 26.3 Å². The molecule has 1 heterocycles. The summed E-state index contributed by atoms with van der Waals surface area (Å²) in [5.74, 6) is 0.288. The van der Waals surface area contributed by atoms with E-state index in [4.69, 9.17) is 9.68 Å². The van der Waals surface area contributed by atoms with E-state index in [1.807, 2.05) is 6.92 Å². The van der Waals surface area contributed by atoms with E-state index in [1.54, 1.807) is 19.9 Å². The fraction of sp³-hybridized carbons (Fsp3) is 0.455. The molecule has 4 heteroatoms. The monoisotopic (exact) mass is 206 g/mol. The summed E-state index contributed by atoms with van der Waals surface area (Å²) in [6.07, 6.45) is 2.02. The number of aryl methyl sites for hydroxylation is 1. The highest BCUT2D eigenvalue weighted by atomic mass is 16.3. The van der Waals surface area contributed by atoms with Gasteiger partial charge in [0.05, 0.1) is 17.9 Å². The summed E-state index contributed by atoms with van der Waals surface area (Å²) in [6, 6.07) is 3.67. The molecule has 1 N–H and O–H groups in total. The van der Waals surface area contributed by atoms with Crippen LogP contribution in [0.5, 0.6) is 0 Å². The van der Waals surface area contributed by atoms with Crippen LogP contribution in [0.4, 0.5) is 0 Å². The Labute approximate surface area is 88.9 Å². The number of hydrogen-bond donors (Lipinski definition) is 1. The summed E-state index contributed by atoms with van der Waals surface area (Å²) >= 11 is 0. The minimum Gasteiger partial charge on any atom is -0.469 e. The maximum Gasteiger partial charge on any atom is 0.256 e. The molecule has 1 atom stereocenters. The minimum atomic E-state index is -0.819. The number of nitrogens with zero attached hydrogens (tertiary/aromatic N) is 1. The van der Waals surface area contributed by atoms with Crippen LogP contribution in [0.3, 0.4) is 0 Å². The zero-order valence-corrected chi connectivity index (χ0v) is 9.13. The van der Waals surface area contributed by atoms with Crippen molar-refractivity contribution in [2.45, 2.75) is 32.7 Å². The number of rotatable bonds is 3. The highest BCUT2D eigenvalue weighted by molar-refractivity contribution is 5.95. The van der Waals surface area contributed by atoms with E-state index in [2.05, 4.69) is 11.4 Å². The van der Waals surface area contributed by atoms with Crippen LogP contribution in [0.15, 0.2) is 16.7 Å². The van der Waals surface area contributed by atoms with E-state index in [0.29, 0.717) is 17.7 Å². The Morgan fingerprint density at radius 1 is 1.73 bits per heavy atom. The zero-order chi connectivity index (χ0) is 11.5. The van der Waals surface area contributed by atoms with E-state index in [9.17, 15) is 4.79 Å². The summed E-state index contributed by atoms with van der Waals surface area (Å²) in [5.41, 5.74) is -0.342. The Hall–Kier alpha value is -1.76. The molecule has 0 fully saturated rings. The first-order valence-electron chi connectivity index (χ1n) is 4.80. The quantitative estimate of drug-likeness (QED) is 0.822. The molecule has 1 aromatic heterocycles. The number of hydrogen-bond acceptors (Lipinski definition) is 3. The molecular formula is C11H14N2O2. The van der Waals surface area contributed by atoms with Crippen LogP contribution in [0.25, 0.3) is 0 Å². The lowest BCUT2D eigenvalue weighted by atomic mass is 10.0. The third-order valence-electron chi connectivity index (χ3n) is 2.45. The fourth-order valence-electron chi connectivity index (χ4n) is 1.13. The van der Waals surface area contributed by atoms with Gasteiger partial charge >= 0.3 is 0 Å². The van der Waals surface area contributed by atoms with Crippen molar-refractivity contribution in [1.29, 1.82) is 5.26 Å². The predicted octanol–water partition coefficient (Wildman–Crippen LogP) is 2.01. The molecule has 1 amide bonds. The molecule has 0 saturated carbocycles. The van der Waals surface area contributed by atoms with Gasteiger partial charge in [-0.25, -0.2) is 0 Å². The van der Waals surface area contributed by atoms with Gasteiger partial charge in [0, 0.05) is 0 Å². The van der Waals surface area contributed by atoms with Gasteiger partial charge in [0.15, 0.2) is 0 Å². The predicted molar refractivity (Wildman–Crippen MR) is 55.2 cm³/mol. The second-order valence-corrected chi connectivity index (χ2v) is 3.64. The van der Waals surface area contributed by atoms with Crippen molar-refractivity contribution in [2.24, 2.45) is 0 Å². The number of nitrogens with one attached hydrogen (secondary N) is 1. The Morgan fingerprint density at radius 2 is 2.40 bits per heavy atom. The van der Waals surface area contributed by atoms with Crippen molar-refractivity contribution in [2.75, 3.05) is 0 Å². The van der Waals surface area contributed by atoms with E-state index < -0.39 is 5.54 Å². The number of amides is 1. The molecule has 0 aliphatic heterocycles. The second-order valence-electron chi connectivity index (χ2n) is 3.64. The average Bonchev–Trinajstić information content (AvgIpc) is 2.64. The van der Waals surface area contributed by atoms with Gasteiger partial charge in [-0.1, -0.05) is 6.92 Å². The van der Waals surface area contributed by atoms with Gasteiger partial charge < -0.3 is 9.73 Å². The number of furan rings is 1. The maximum atomic E-state index is 11.7. The number of nitriles is 1. The Bertz CT molecular complexity index is 403. The smallest absolute Gasteiger partial charge is 0.256 e. The highest BCUT2D eigenvalue weighted by Crippen LogP contribution is 2.12. The van der Waals surface area contributed by atoms with Crippen LogP contribution in [0.1, 0.15) is 36.4 Å². The van der Waals surface area contributed by atoms with Crippen LogP contribution >= 0.6 is 0 Å². The Morgan fingerprint density at radius 3 is 2.80 bits per heavy atom. The van der Waals surface area contributed by atoms with E-state index in [1.165, 1.54) is 6.26 Å². The normalized spacial score (nSPS) is 14.0. The number of carbonyl (C=O) groups excluding carboxylic acids is 1. The first kappa shape index (κ1) is 11.3. The van der Waals surface area contributed by atoms with Crippen molar-refractivity contribution in [3.63, 3.8) is 0 Å². The summed E-state index contributed by atoms with van der Waals surface area (Å²) in [4.78, 5) is 11.7. The van der Waals surface area contributed by atoms with Crippen LogP contribution in [0.2, 0.25) is 0 Å². The molecule has 0 saturated heterocycles. The summed E-state index contributed by atoms with van der Waals surface area (Å²) in [6.45, 7) is 5.26. The standard InChI is InChI=1S/C11H14N2O2/c1-4-11(3,7-12)13-10(14)9-5-6-15-8(9)2/h5-6H,4H2,1-3H3,(H,13,14). The van der Waals surface area contributed by atoms with E-state index >= 15 is 0 Å². The first-order chi connectivity index (χ1) is 7.02. The molecule has 1 unspecified atom stereocenters. The van der Waals surface area contributed by atoms with Crippen molar-refractivity contribution in [3.05, 3.63) is 23.7 Å². The molecule has 4 nitrogen and oxygen atoms in total. The molecular weight excluding hydrogens is 192 g/mol. The number of carbonyl (C=O) groups is 1. The topological polar surface area (TPSA) is 66.0 Å². The summed E-state index contributed by atoms with van der Waals surface area (Å²) in [5, 5.41) is 11.6. The molecule has 0 aromatic carbocycles. The van der Waals surface area contributed by atoms with E-state index in [0.717, 1.165) is 0 Å². The molecule has 0 aliphatic rings. The first-order valence-corrected chi connectivity index (χ1v) is 4.80. The molecule has 0 bridgehead atoms. The van der Waals surface area contributed by atoms with E-state index in [-0.39, 0.29) is 5.91 Å². The van der Waals surface area contributed by atoms with Crippen LogP contribution in [-0.4, -0.2) is 11.4 Å². The molecule has 80 valence electrons. The van der Waals surface area contributed by atoms with Crippen LogP contribution in [0, 0.1) is 18.3 Å². The van der Waals surface area contributed by atoms with Gasteiger partial charge in [-0.2, -0.15) is 5.26 Å². The molecule has 1 aromatic rings. The summed E-state index contributed by atoms with van der Waals surface area (Å²) in [7, 11) is 0. The average molecular weight is 206 g/mol. The SMILES string of the molecule is CCC(C)(C#N)NC(=O)c1ccoc1C. The van der Waals surface area contributed by atoms with Gasteiger partial charge in [-0.3, -0.25) is 4.79 Å². The minimum absolute atomic E-state index is 0.271. The Kier molecular flexibility index (Phi) is 3.15. The van der Waals surface area contributed by atoms with Gasteiger partial charge in [0.1, 0.15) is 11.3 Å². The van der Waals surface area contributed by atoms with Crippen molar-refractivity contribution < 1.29 is 9.21 Å². The van der Waals surface area contributed by atoms with Gasteiger partial charge in [0.25, 0.3) is 5.91 Å². The van der Waals surface area contributed by atoms with Crippen LogP contribution < -0.4 is 5.32 Å². The summed E-state index contributed by atoms with van der Waals surface area (Å²) < 4.78 is 5.02. The highest BCUT2D eigenvalue weighted by Gasteiger charge is 2.25. The lowest BCUT2D eigenvalue weighted by Crippen LogP contribution is -2.44. The lowest BCUT2D eigenvalue weighted by Gasteiger charge is -2.20. The van der Waals surface area contributed by atoms with Crippen molar-refractivity contribution >= 4 is 5.91 Å². The molecule has 0 spiro atoms. The third kappa shape index (κ3) is 2.38. The second kappa shape index (κ2) is 4.18. The van der Waals surface area contributed by atoms with Crippen molar-refractivity contribution in [1.82, 2.24) is 5.32 Å².